The van der Waals surface area contributed by atoms with Crippen LogP contribution in [0.1, 0.15) is 37.4 Å². The molecule has 1 aromatic carbocycles. The fourth-order valence-electron chi connectivity index (χ4n) is 3.11. The number of halogens is 2. The second kappa shape index (κ2) is 8.71. The van der Waals surface area contributed by atoms with Gasteiger partial charge in [-0.2, -0.15) is 5.06 Å². The summed E-state index contributed by atoms with van der Waals surface area (Å²) < 4.78 is 27.1. The number of fused-ring (bicyclic) bond motifs is 1. The lowest BCUT2D eigenvalue weighted by atomic mass is 9.90. The monoisotopic (exact) mass is 407 g/mol. The van der Waals surface area contributed by atoms with Gasteiger partial charge in [0.2, 0.25) is 0 Å². The summed E-state index contributed by atoms with van der Waals surface area (Å²) in [5, 5.41) is 23.3. The van der Waals surface area contributed by atoms with Gasteiger partial charge in [0.15, 0.2) is 11.6 Å². The van der Waals surface area contributed by atoms with Gasteiger partial charge < -0.3 is 20.4 Å². The average molecular weight is 407 g/mol. The maximum Gasteiger partial charge on any atom is 0.264 e. The smallest absolute Gasteiger partial charge is 0.264 e. The topological polar surface area (TPSA) is 94.9 Å². The van der Waals surface area contributed by atoms with Crippen LogP contribution in [-0.4, -0.2) is 44.9 Å². The first-order valence-corrected chi connectivity index (χ1v) is 9.28. The number of hydroxylamine groups is 2. The third-order valence-electron chi connectivity index (χ3n) is 4.46. The molecule has 0 spiro atoms. The van der Waals surface area contributed by atoms with Crippen molar-refractivity contribution in [2.45, 2.75) is 44.9 Å². The highest BCUT2D eigenvalue weighted by Gasteiger charge is 2.37. The number of hydrogen-bond acceptors (Lipinski definition) is 6. The molecule has 1 aliphatic heterocycles. The van der Waals surface area contributed by atoms with Crippen molar-refractivity contribution in [3.8, 4) is 5.75 Å². The molecule has 0 aliphatic carbocycles. The fourth-order valence-corrected chi connectivity index (χ4v) is 3.11. The molecule has 156 valence electrons. The molecular formula is C20H23F2N3O4. The van der Waals surface area contributed by atoms with Gasteiger partial charge >= 0.3 is 0 Å². The number of aliphatic hydroxyl groups excluding tert-OH is 2. The van der Waals surface area contributed by atoms with E-state index in [1.807, 2.05) is 0 Å². The molecule has 3 atom stereocenters. The van der Waals surface area contributed by atoms with Crippen LogP contribution in [0.25, 0.3) is 0 Å². The summed E-state index contributed by atoms with van der Waals surface area (Å²) in [6.07, 6.45) is -1.25. The third kappa shape index (κ3) is 4.99. The van der Waals surface area contributed by atoms with E-state index in [1.165, 1.54) is 0 Å². The van der Waals surface area contributed by atoms with Gasteiger partial charge in [0.25, 0.3) is 5.91 Å². The van der Waals surface area contributed by atoms with E-state index in [0.717, 1.165) is 17.2 Å². The highest BCUT2D eigenvalue weighted by Crippen LogP contribution is 2.33. The van der Waals surface area contributed by atoms with Crippen LogP contribution in [0.2, 0.25) is 0 Å². The van der Waals surface area contributed by atoms with Gasteiger partial charge in [-0.25, -0.2) is 13.8 Å². The Bertz CT molecular complexity index is 892. The Morgan fingerprint density at radius 1 is 1.24 bits per heavy atom. The van der Waals surface area contributed by atoms with E-state index in [2.05, 4.69) is 10.3 Å². The molecule has 1 aromatic heterocycles. The first kappa shape index (κ1) is 20.9. The Balaban J connectivity index is 1.89. The van der Waals surface area contributed by atoms with Crippen LogP contribution in [-0.2, 0) is 11.3 Å². The molecule has 29 heavy (non-hydrogen) atoms. The first-order chi connectivity index (χ1) is 13.7. The van der Waals surface area contributed by atoms with Gasteiger partial charge in [0.1, 0.15) is 11.6 Å². The van der Waals surface area contributed by atoms with E-state index in [0.29, 0.717) is 29.7 Å². The molecule has 2 aromatic rings. The zero-order valence-corrected chi connectivity index (χ0v) is 16.1. The lowest BCUT2D eigenvalue weighted by Crippen LogP contribution is -2.43. The van der Waals surface area contributed by atoms with E-state index in [-0.39, 0.29) is 18.7 Å². The van der Waals surface area contributed by atoms with Crippen molar-refractivity contribution in [2.24, 2.45) is 0 Å². The van der Waals surface area contributed by atoms with Crippen LogP contribution >= 0.6 is 0 Å². The first-order valence-electron chi connectivity index (χ1n) is 9.28. The molecule has 3 N–H and O–H groups in total. The normalized spacial score (nSPS) is 18.2. The number of rotatable bonds is 7. The van der Waals surface area contributed by atoms with Crippen molar-refractivity contribution in [3.05, 3.63) is 53.2 Å². The molecule has 0 radical (unpaired) electrons. The number of hydrogen-bond donors (Lipinski definition) is 3. The summed E-state index contributed by atoms with van der Waals surface area (Å²) in [5.41, 5.74) is 1.17. The zero-order valence-electron chi connectivity index (χ0n) is 16.1. The molecule has 7 nitrogen and oxygen atoms in total. The lowest BCUT2D eigenvalue weighted by molar-refractivity contribution is -0.165. The Morgan fingerprint density at radius 3 is 2.66 bits per heavy atom. The minimum atomic E-state index is -0.925. The SMILES string of the molecule is CC(O)CNc1ccc2c(n1)C(CC(C)O)C(=O)N(Oc1ccc(F)cc1F)C2. The minimum Gasteiger partial charge on any atom is -0.393 e. The summed E-state index contributed by atoms with van der Waals surface area (Å²) >= 11 is 0. The van der Waals surface area contributed by atoms with Crippen LogP contribution in [0.3, 0.4) is 0 Å². The van der Waals surface area contributed by atoms with Gasteiger partial charge in [-0.05, 0) is 44.0 Å². The largest absolute Gasteiger partial charge is 0.393 e. The average Bonchev–Trinajstić information content (AvgIpc) is 2.65. The fraction of sp³-hybridized carbons (Fsp3) is 0.400. The predicted molar refractivity (Wildman–Crippen MR) is 101 cm³/mol. The van der Waals surface area contributed by atoms with Crippen LogP contribution in [0.15, 0.2) is 30.3 Å². The van der Waals surface area contributed by atoms with Crippen molar-refractivity contribution in [3.63, 3.8) is 0 Å². The van der Waals surface area contributed by atoms with Crippen molar-refractivity contribution < 1.29 is 28.6 Å². The molecule has 1 aliphatic rings. The molecule has 0 bridgehead atoms. The summed E-state index contributed by atoms with van der Waals surface area (Å²) in [6.45, 7) is 3.50. The molecule has 9 heteroatoms. The number of carbonyl (C=O) groups excluding carboxylic acids is 1. The van der Waals surface area contributed by atoms with Crippen molar-refractivity contribution in [1.29, 1.82) is 0 Å². The highest BCUT2D eigenvalue weighted by molar-refractivity contribution is 5.84. The van der Waals surface area contributed by atoms with E-state index in [9.17, 15) is 23.8 Å². The van der Waals surface area contributed by atoms with Crippen LogP contribution in [0.4, 0.5) is 14.6 Å². The zero-order chi connectivity index (χ0) is 21.1. The van der Waals surface area contributed by atoms with Gasteiger partial charge in [0.05, 0.1) is 30.4 Å². The van der Waals surface area contributed by atoms with Crippen LogP contribution in [0.5, 0.6) is 5.75 Å². The summed E-state index contributed by atoms with van der Waals surface area (Å²) in [4.78, 5) is 22.9. The molecular weight excluding hydrogens is 384 g/mol. The Morgan fingerprint density at radius 2 is 2.00 bits per heavy atom. The molecule has 2 heterocycles. The minimum absolute atomic E-state index is 0.0188. The van der Waals surface area contributed by atoms with Gasteiger partial charge in [-0.15, -0.1) is 0 Å². The second-order valence-electron chi connectivity index (χ2n) is 7.15. The molecule has 0 fully saturated rings. The van der Waals surface area contributed by atoms with Gasteiger partial charge in [-0.3, -0.25) is 4.79 Å². The Kier molecular flexibility index (Phi) is 6.29. The highest BCUT2D eigenvalue weighted by atomic mass is 19.1. The number of nitrogens with one attached hydrogen (secondary N) is 1. The number of aliphatic hydroxyl groups is 2. The van der Waals surface area contributed by atoms with E-state index >= 15 is 0 Å². The maximum absolute atomic E-state index is 14.0. The molecule has 0 saturated heterocycles. The number of anilines is 1. The van der Waals surface area contributed by atoms with Crippen LogP contribution < -0.4 is 10.2 Å². The van der Waals surface area contributed by atoms with Crippen molar-refractivity contribution >= 4 is 11.7 Å². The molecule has 3 rings (SSSR count). The van der Waals surface area contributed by atoms with Crippen molar-refractivity contribution in [2.75, 3.05) is 11.9 Å². The lowest BCUT2D eigenvalue weighted by Gasteiger charge is -2.33. The maximum atomic E-state index is 14.0. The molecule has 3 unspecified atom stereocenters. The van der Waals surface area contributed by atoms with Gasteiger partial charge in [0, 0.05) is 12.6 Å². The van der Waals surface area contributed by atoms with E-state index in [4.69, 9.17) is 4.84 Å². The quantitative estimate of drug-likeness (QED) is 0.652. The van der Waals surface area contributed by atoms with Gasteiger partial charge in [-0.1, -0.05) is 6.07 Å². The van der Waals surface area contributed by atoms with Crippen molar-refractivity contribution in [1.82, 2.24) is 10.0 Å². The Hall–Kier alpha value is -2.78. The van der Waals surface area contributed by atoms with E-state index < -0.39 is 35.7 Å². The second-order valence-corrected chi connectivity index (χ2v) is 7.15. The summed E-state index contributed by atoms with van der Waals surface area (Å²) in [7, 11) is 0. The number of aromatic nitrogens is 1. The summed E-state index contributed by atoms with van der Waals surface area (Å²) in [5.74, 6) is -2.74. The number of pyridine rings is 1. The summed E-state index contributed by atoms with van der Waals surface area (Å²) in [6, 6.07) is 6.28. The Labute approximate surface area is 166 Å². The number of carbonyl (C=O) groups is 1. The predicted octanol–water partition coefficient (Wildman–Crippen LogP) is 2.34. The van der Waals surface area contributed by atoms with E-state index in [1.54, 1.807) is 26.0 Å². The number of benzene rings is 1. The number of amides is 1. The molecule has 1 amide bonds. The number of nitrogens with zero attached hydrogens (tertiary/aromatic N) is 2. The van der Waals surface area contributed by atoms with Crippen LogP contribution in [0, 0.1) is 11.6 Å². The standard InChI is InChI=1S/C20H23F2N3O4/c1-11(26)7-15-19-13(3-6-18(24-19)23-9-12(2)27)10-25(20(15)28)29-17-5-4-14(21)8-16(17)22/h3-6,8,11-12,15,26-27H,7,9-10H2,1-2H3,(H,23,24). The molecule has 0 saturated carbocycles. The third-order valence-corrected chi connectivity index (χ3v) is 4.46.